The van der Waals surface area contributed by atoms with Crippen molar-refractivity contribution in [3.8, 4) is 0 Å². The van der Waals surface area contributed by atoms with Crippen LogP contribution in [0.4, 0.5) is 0 Å². The van der Waals surface area contributed by atoms with E-state index in [4.69, 9.17) is 0 Å². The lowest BCUT2D eigenvalue weighted by atomic mass is 10.1. The minimum atomic E-state index is -0.209. The lowest BCUT2D eigenvalue weighted by Crippen LogP contribution is -2.41. The molecule has 14 heavy (non-hydrogen) atoms. The van der Waals surface area contributed by atoms with Gasteiger partial charge in [0.1, 0.15) is 0 Å². The van der Waals surface area contributed by atoms with Gasteiger partial charge in [0.25, 0.3) is 5.91 Å². The van der Waals surface area contributed by atoms with Crippen molar-refractivity contribution in [3.05, 3.63) is 36.5 Å². The quantitative estimate of drug-likeness (QED) is 0.541. The van der Waals surface area contributed by atoms with E-state index in [1.807, 2.05) is 33.8 Å². The number of carbonyl (C=O) groups is 1. The zero-order valence-corrected chi connectivity index (χ0v) is 9.42. The van der Waals surface area contributed by atoms with Gasteiger partial charge in [0.15, 0.2) is 0 Å². The highest BCUT2D eigenvalue weighted by molar-refractivity contribution is 5.96. The highest BCUT2D eigenvalue weighted by atomic mass is 16.1. The lowest BCUT2D eigenvalue weighted by molar-refractivity contribution is -0.118. The minimum Gasteiger partial charge on any atom is -0.347 e. The summed E-state index contributed by atoms with van der Waals surface area (Å²) in [6, 6.07) is 0. The van der Waals surface area contributed by atoms with Crippen LogP contribution in [0.1, 0.15) is 27.7 Å². The Hall–Kier alpha value is -1.31. The van der Waals surface area contributed by atoms with Gasteiger partial charge in [-0.3, -0.25) is 4.79 Å². The molecule has 0 aliphatic carbocycles. The Morgan fingerprint density at radius 3 is 2.29 bits per heavy atom. The SMILES string of the molecule is C=C/C=C(\C=C/C)C(=O)NC(C)(C)C. The number of hydrogen-bond acceptors (Lipinski definition) is 1. The fourth-order valence-corrected chi connectivity index (χ4v) is 0.926. The molecule has 0 heterocycles. The molecule has 0 rings (SSSR count). The van der Waals surface area contributed by atoms with Crippen molar-refractivity contribution in [1.29, 1.82) is 0 Å². The van der Waals surface area contributed by atoms with Gasteiger partial charge in [-0.2, -0.15) is 0 Å². The Morgan fingerprint density at radius 2 is 1.93 bits per heavy atom. The molecule has 0 aliphatic heterocycles. The Kier molecular flexibility index (Phi) is 4.92. The summed E-state index contributed by atoms with van der Waals surface area (Å²) in [5.74, 6) is -0.0736. The molecule has 0 unspecified atom stereocenters. The smallest absolute Gasteiger partial charge is 0.251 e. The van der Waals surface area contributed by atoms with E-state index in [-0.39, 0.29) is 11.4 Å². The van der Waals surface area contributed by atoms with E-state index >= 15 is 0 Å². The van der Waals surface area contributed by atoms with Crippen LogP contribution in [0.15, 0.2) is 36.5 Å². The number of hydrogen-bond donors (Lipinski definition) is 1. The van der Waals surface area contributed by atoms with Crippen LogP contribution in [-0.4, -0.2) is 11.4 Å². The van der Waals surface area contributed by atoms with Crippen LogP contribution in [0.5, 0.6) is 0 Å². The van der Waals surface area contributed by atoms with E-state index in [2.05, 4.69) is 11.9 Å². The topological polar surface area (TPSA) is 29.1 Å². The molecule has 78 valence electrons. The van der Waals surface area contributed by atoms with Gasteiger partial charge in [-0.1, -0.05) is 30.9 Å². The summed E-state index contributed by atoms with van der Waals surface area (Å²) in [6.07, 6.45) is 6.90. The number of carbonyl (C=O) groups excluding carboxylic acids is 1. The van der Waals surface area contributed by atoms with Crippen LogP contribution in [0.25, 0.3) is 0 Å². The first kappa shape index (κ1) is 12.7. The van der Waals surface area contributed by atoms with Gasteiger partial charge in [-0.05, 0) is 27.7 Å². The number of rotatable bonds is 3. The third-order valence-electron chi connectivity index (χ3n) is 1.39. The minimum absolute atomic E-state index is 0.0736. The Balaban J connectivity index is 4.63. The standard InChI is InChI=1S/C12H19NO/c1-6-8-10(9-7-2)11(14)13-12(3,4)5/h6-9H,1H2,2-5H3,(H,13,14)/b9-7-,10-8+. The van der Waals surface area contributed by atoms with Crippen LogP contribution in [0.2, 0.25) is 0 Å². The normalized spacial score (nSPS) is 13.0. The van der Waals surface area contributed by atoms with E-state index in [9.17, 15) is 4.79 Å². The second kappa shape index (κ2) is 5.43. The number of allylic oxidation sites excluding steroid dienone is 3. The molecule has 0 saturated carbocycles. The van der Waals surface area contributed by atoms with Gasteiger partial charge < -0.3 is 5.32 Å². The molecule has 1 N–H and O–H groups in total. The van der Waals surface area contributed by atoms with Crippen molar-refractivity contribution < 1.29 is 4.79 Å². The molecule has 2 nitrogen and oxygen atoms in total. The molecule has 0 bridgehead atoms. The van der Waals surface area contributed by atoms with Crippen LogP contribution in [0.3, 0.4) is 0 Å². The summed E-state index contributed by atoms with van der Waals surface area (Å²) >= 11 is 0. The fraction of sp³-hybridized carbons (Fsp3) is 0.417. The monoisotopic (exact) mass is 193 g/mol. The predicted octanol–water partition coefficient (Wildman–Crippen LogP) is 2.59. The van der Waals surface area contributed by atoms with E-state index in [0.717, 1.165) is 0 Å². The Labute approximate surface area is 86.4 Å². The van der Waals surface area contributed by atoms with Gasteiger partial charge in [0.05, 0.1) is 0 Å². The van der Waals surface area contributed by atoms with Gasteiger partial charge in [-0.15, -0.1) is 0 Å². The van der Waals surface area contributed by atoms with E-state index in [0.29, 0.717) is 5.57 Å². The summed E-state index contributed by atoms with van der Waals surface area (Å²) in [5.41, 5.74) is 0.413. The highest BCUT2D eigenvalue weighted by Gasteiger charge is 2.14. The Morgan fingerprint density at radius 1 is 1.36 bits per heavy atom. The molecule has 0 fully saturated rings. The van der Waals surface area contributed by atoms with Gasteiger partial charge in [-0.25, -0.2) is 0 Å². The number of amides is 1. The first-order chi connectivity index (χ1) is 6.40. The highest BCUT2D eigenvalue weighted by Crippen LogP contribution is 2.04. The van der Waals surface area contributed by atoms with Crippen LogP contribution in [0, 0.1) is 0 Å². The average molecular weight is 193 g/mol. The molecule has 0 aromatic heterocycles. The van der Waals surface area contributed by atoms with Crippen LogP contribution < -0.4 is 5.32 Å². The van der Waals surface area contributed by atoms with E-state index in [1.165, 1.54) is 0 Å². The molecule has 0 saturated heterocycles. The van der Waals surface area contributed by atoms with Gasteiger partial charge in [0.2, 0.25) is 0 Å². The van der Waals surface area contributed by atoms with Crippen LogP contribution in [-0.2, 0) is 4.79 Å². The molecule has 1 amide bonds. The molecule has 2 heteroatoms. The fourth-order valence-electron chi connectivity index (χ4n) is 0.926. The summed E-state index contributed by atoms with van der Waals surface area (Å²) in [5, 5.41) is 2.88. The van der Waals surface area contributed by atoms with Crippen molar-refractivity contribution in [2.45, 2.75) is 33.2 Å². The maximum Gasteiger partial charge on any atom is 0.251 e. The van der Waals surface area contributed by atoms with Crippen molar-refractivity contribution in [2.24, 2.45) is 0 Å². The molecule has 0 spiro atoms. The van der Waals surface area contributed by atoms with Crippen LogP contribution >= 0.6 is 0 Å². The first-order valence-electron chi connectivity index (χ1n) is 4.68. The zero-order valence-electron chi connectivity index (χ0n) is 9.42. The zero-order chi connectivity index (χ0) is 11.2. The van der Waals surface area contributed by atoms with Gasteiger partial charge >= 0.3 is 0 Å². The maximum absolute atomic E-state index is 11.7. The maximum atomic E-state index is 11.7. The molecule has 0 aromatic rings. The van der Waals surface area contributed by atoms with E-state index in [1.54, 1.807) is 18.2 Å². The predicted molar refractivity (Wildman–Crippen MR) is 61.0 cm³/mol. The summed E-state index contributed by atoms with van der Waals surface area (Å²) in [4.78, 5) is 11.7. The number of nitrogens with one attached hydrogen (secondary N) is 1. The van der Waals surface area contributed by atoms with Crippen molar-refractivity contribution in [3.63, 3.8) is 0 Å². The molecular formula is C12H19NO. The van der Waals surface area contributed by atoms with Crippen molar-refractivity contribution in [2.75, 3.05) is 0 Å². The molecular weight excluding hydrogens is 174 g/mol. The van der Waals surface area contributed by atoms with Gasteiger partial charge in [0, 0.05) is 11.1 Å². The third-order valence-corrected chi connectivity index (χ3v) is 1.39. The molecule has 0 atom stereocenters. The average Bonchev–Trinajstić information content (AvgIpc) is 2.01. The largest absolute Gasteiger partial charge is 0.347 e. The van der Waals surface area contributed by atoms with E-state index < -0.39 is 0 Å². The van der Waals surface area contributed by atoms with Crippen molar-refractivity contribution in [1.82, 2.24) is 5.32 Å². The molecule has 0 aromatic carbocycles. The molecule has 0 radical (unpaired) electrons. The third kappa shape index (κ3) is 5.36. The Bertz CT molecular complexity index is 267. The summed E-state index contributed by atoms with van der Waals surface area (Å²) in [6.45, 7) is 11.3. The first-order valence-corrected chi connectivity index (χ1v) is 4.68. The summed E-state index contributed by atoms with van der Waals surface area (Å²) in [7, 11) is 0. The van der Waals surface area contributed by atoms with Crippen molar-refractivity contribution >= 4 is 5.91 Å². The second-order valence-electron chi connectivity index (χ2n) is 4.06. The lowest BCUT2D eigenvalue weighted by Gasteiger charge is -2.20. The second-order valence-corrected chi connectivity index (χ2v) is 4.06. The molecule has 0 aliphatic rings. The summed E-state index contributed by atoms with van der Waals surface area (Å²) < 4.78 is 0.